The predicted octanol–water partition coefficient (Wildman–Crippen LogP) is 4.45. The van der Waals surface area contributed by atoms with E-state index in [0.29, 0.717) is 17.1 Å². The number of rotatable bonds is 3. The van der Waals surface area contributed by atoms with Crippen LogP contribution in [0.15, 0.2) is 67.1 Å². The molecule has 1 N–H and O–H groups in total. The first-order chi connectivity index (χ1) is 12.4. The summed E-state index contributed by atoms with van der Waals surface area (Å²) >= 11 is 0. The lowest BCUT2D eigenvalue weighted by Gasteiger charge is -2.15. The summed E-state index contributed by atoms with van der Waals surface area (Å²) in [6.07, 6.45) is 5.07. The van der Waals surface area contributed by atoms with Gasteiger partial charge in [0.05, 0.1) is 11.1 Å². The summed E-state index contributed by atoms with van der Waals surface area (Å²) in [5.41, 5.74) is 1.80. The van der Waals surface area contributed by atoms with Gasteiger partial charge in [0, 0.05) is 40.7 Å². The number of aliphatic hydroxyl groups is 1. The molecule has 0 spiro atoms. The van der Waals surface area contributed by atoms with Gasteiger partial charge in [-0.2, -0.15) is 0 Å². The number of para-hydroxylation sites is 1. The Kier molecular flexibility index (Phi) is 3.81. The van der Waals surface area contributed by atoms with Crippen LogP contribution in [0.25, 0.3) is 28.0 Å². The zero-order valence-corrected chi connectivity index (χ0v) is 14.5. The largest absolute Gasteiger partial charge is 0.386 e. The van der Waals surface area contributed by atoms with Crippen molar-refractivity contribution in [2.75, 3.05) is 0 Å². The highest BCUT2D eigenvalue weighted by Gasteiger charge is 2.23. The third-order valence-electron chi connectivity index (χ3n) is 4.41. The SMILES string of the molecule is CC(C)(O)c1cn(-c2ncc(-c3ccccc3F)cn2)c2ccccc12. The average Bonchev–Trinajstić information content (AvgIpc) is 3.02. The molecule has 26 heavy (non-hydrogen) atoms. The fourth-order valence-electron chi connectivity index (χ4n) is 3.11. The Morgan fingerprint density at radius 1 is 0.962 bits per heavy atom. The Balaban J connectivity index is 1.83. The van der Waals surface area contributed by atoms with Gasteiger partial charge >= 0.3 is 0 Å². The van der Waals surface area contributed by atoms with Crippen LogP contribution in [0.1, 0.15) is 19.4 Å². The van der Waals surface area contributed by atoms with Crippen molar-refractivity contribution in [3.63, 3.8) is 0 Å². The lowest BCUT2D eigenvalue weighted by molar-refractivity contribution is 0.0801. The van der Waals surface area contributed by atoms with E-state index in [1.54, 1.807) is 44.4 Å². The van der Waals surface area contributed by atoms with Crippen LogP contribution in [0, 0.1) is 5.82 Å². The van der Waals surface area contributed by atoms with E-state index >= 15 is 0 Å². The quantitative estimate of drug-likeness (QED) is 0.595. The summed E-state index contributed by atoms with van der Waals surface area (Å²) in [5.74, 6) is 0.163. The summed E-state index contributed by atoms with van der Waals surface area (Å²) < 4.78 is 15.8. The Morgan fingerprint density at radius 2 is 1.62 bits per heavy atom. The highest BCUT2D eigenvalue weighted by Crippen LogP contribution is 2.31. The van der Waals surface area contributed by atoms with Gasteiger partial charge in [-0.15, -0.1) is 0 Å². The number of aromatic nitrogens is 3. The van der Waals surface area contributed by atoms with Gasteiger partial charge in [-0.05, 0) is 26.0 Å². The molecule has 0 radical (unpaired) electrons. The van der Waals surface area contributed by atoms with Crippen LogP contribution < -0.4 is 0 Å². The van der Waals surface area contributed by atoms with Crippen LogP contribution in [0.3, 0.4) is 0 Å². The highest BCUT2D eigenvalue weighted by atomic mass is 19.1. The molecule has 0 saturated carbocycles. The van der Waals surface area contributed by atoms with Crippen molar-refractivity contribution >= 4 is 10.9 Å². The van der Waals surface area contributed by atoms with Gasteiger partial charge in [0.1, 0.15) is 5.82 Å². The fraction of sp³-hybridized carbons (Fsp3) is 0.143. The summed E-state index contributed by atoms with van der Waals surface area (Å²) in [6.45, 7) is 3.50. The van der Waals surface area contributed by atoms with Crippen LogP contribution in [-0.2, 0) is 5.60 Å². The first-order valence-electron chi connectivity index (χ1n) is 8.35. The number of hydrogen-bond donors (Lipinski definition) is 1. The number of benzene rings is 2. The van der Waals surface area contributed by atoms with E-state index in [9.17, 15) is 9.50 Å². The van der Waals surface area contributed by atoms with Crippen LogP contribution in [-0.4, -0.2) is 19.6 Å². The average molecular weight is 347 g/mol. The Hall–Kier alpha value is -3.05. The number of fused-ring (bicyclic) bond motifs is 1. The van der Waals surface area contributed by atoms with E-state index in [1.165, 1.54) is 6.07 Å². The molecule has 0 saturated heterocycles. The second-order valence-electron chi connectivity index (χ2n) is 6.74. The maximum atomic E-state index is 14.0. The normalized spacial score (nSPS) is 11.8. The first kappa shape index (κ1) is 16.4. The van der Waals surface area contributed by atoms with E-state index in [1.807, 2.05) is 35.0 Å². The molecular formula is C21H18FN3O. The molecule has 4 aromatic rings. The zero-order chi connectivity index (χ0) is 18.3. The topological polar surface area (TPSA) is 50.9 Å². The van der Waals surface area contributed by atoms with E-state index in [0.717, 1.165) is 16.5 Å². The van der Waals surface area contributed by atoms with Gasteiger partial charge in [0.2, 0.25) is 5.95 Å². The van der Waals surface area contributed by atoms with Crippen LogP contribution in [0.4, 0.5) is 4.39 Å². The molecule has 0 aliphatic carbocycles. The smallest absolute Gasteiger partial charge is 0.234 e. The van der Waals surface area contributed by atoms with E-state index in [-0.39, 0.29) is 5.82 Å². The van der Waals surface area contributed by atoms with Crippen molar-refractivity contribution in [1.82, 2.24) is 14.5 Å². The number of halogens is 1. The Labute approximate surface area is 150 Å². The summed E-state index contributed by atoms with van der Waals surface area (Å²) in [7, 11) is 0. The van der Waals surface area contributed by atoms with Crippen molar-refractivity contribution < 1.29 is 9.50 Å². The zero-order valence-electron chi connectivity index (χ0n) is 14.5. The first-order valence-corrected chi connectivity index (χ1v) is 8.35. The van der Waals surface area contributed by atoms with Crippen molar-refractivity contribution in [2.45, 2.75) is 19.4 Å². The van der Waals surface area contributed by atoms with Gasteiger partial charge in [0.25, 0.3) is 0 Å². The Bertz CT molecular complexity index is 1080. The predicted molar refractivity (Wildman–Crippen MR) is 99.5 cm³/mol. The van der Waals surface area contributed by atoms with E-state index < -0.39 is 5.60 Å². The van der Waals surface area contributed by atoms with E-state index in [2.05, 4.69) is 9.97 Å². The molecule has 130 valence electrons. The molecule has 0 unspecified atom stereocenters. The maximum absolute atomic E-state index is 14.0. The number of nitrogens with zero attached hydrogens (tertiary/aromatic N) is 3. The standard InChI is InChI=1S/C21H18FN3O/c1-21(2,26)17-13-25(19-10-6-4-8-16(17)19)20-23-11-14(12-24-20)15-7-3-5-9-18(15)22/h3-13,26H,1-2H3. The second kappa shape index (κ2) is 6.04. The second-order valence-corrected chi connectivity index (χ2v) is 6.74. The minimum absolute atomic E-state index is 0.306. The maximum Gasteiger partial charge on any atom is 0.234 e. The molecule has 4 nitrogen and oxygen atoms in total. The van der Waals surface area contributed by atoms with Gasteiger partial charge < -0.3 is 5.11 Å². The minimum atomic E-state index is -0.988. The number of hydrogen-bond acceptors (Lipinski definition) is 3. The lowest BCUT2D eigenvalue weighted by atomic mass is 9.98. The molecule has 0 bridgehead atoms. The minimum Gasteiger partial charge on any atom is -0.386 e. The molecule has 0 atom stereocenters. The lowest BCUT2D eigenvalue weighted by Crippen LogP contribution is -2.14. The molecule has 0 aliphatic heterocycles. The van der Waals surface area contributed by atoms with Gasteiger partial charge in [-0.3, -0.25) is 4.57 Å². The molecule has 2 heterocycles. The Morgan fingerprint density at radius 3 is 2.31 bits per heavy atom. The molecule has 2 aromatic heterocycles. The van der Waals surface area contributed by atoms with E-state index in [4.69, 9.17) is 0 Å². The van der Waals surface area contributed by atoms with Crippen molar-refractivity contribution in [2.24, 2.45) is 0 Å². The third-order valence-corrected chi connectivity index (χ3v) is 4.41. The molecule has 0 fully saturated rings. The van der Waals surface area contributed by atoms with Gasteiger partial charge in [-0.25, -0.2) is 14.4 Å². The molecular weight excluding hydrogens is 329 g/mol. The molecule has 2 aromatic carbocycles. The summed E-state index contributed by atoms with van der Waals surface area (Å²) in [4.78, 5) is 8.83. The fourth-order valence-corrected chi connectivity index (χ4v) is 3.11. The molecule has 0 aliphatic rings. The summed E-state index contributed by atoms with van der Waals surface area (Å²) in [5, 5.41) is 11.4. The van der Waals surface area contributed by atoms with Crippen molar-refractivity contribution in [3.05, 3.63) is 78.5 Å². The van der Waals surface area contributed by atoms with Crippen LogP contribution >= 0.6 is 0 Å². The monoisotopic (exact) mass is 347 g/mol. The third kappa shape index (κ3) is 2.76. The van der Waals surface area contributed by atoms with Crippen molar-refractivity contribution in [3.8, 4) is 17.1 Å². The van der Waals surface area contributed by atoms with Gasteiger partial charge in [-0.1, -0.05) is 36.4 Å². The molecule has 4 rings (SSSR count). The van der Waals surface area contributed by atoms with Crippen LogP contribution in [0.5, 0.6) is 0 Å². The highest BCUT2D eigenvalue weighted by molar-refractivity contribution is 5.86. The van der Waals surface area contributed by atoms with Crippen LogP contribution in [0.2, 0.25) is 0 Å². The molecule has 5 heteroatoms. The van der Waals surface area contributed by atoms with Gasteiger partial charge in [0.15, 0.2) is 0 Å². The van der Waals surface area contributed by atoms with Crippen molar-refractivity contribution in [1.29, 1.82) is 0 Å². The molecule has 0 amide bonds. The summed E-state index contributed by atoms with van der Waals surface area (Å²) in [6, 6.07) is 14.3.